The molecule has 0 unspecified atom stereocenters. The first-order valence-electron chi connectivity index (χ1n) is 7.08. The Morgan fingerprint density at radius 1 is 1.39 bits per heavy atom. The zero-order valence-electron chi connectivity index (χ0n) is 12.6. The molecular weight excluding hydrogens is 356 g/mol. The van der Waals surface area contributed by atoms with Crippen LogP contribution in [0.5, 0.6) is 0 Å². The monoisotopic (exact) mass is 372 g/mol. The van der Waals surface area contributed by atoms with Gasteiger partial charge in [0.25, 0.3) is 5.24 Å². The third-order valence-electron chi connectivity index (χ3n) is 3.26. The van der Waals surface area contributed by atoms with E-state index in [2.05, 4.69) is 5.32 Å². The Labute approximate surface area is 148 Å². The number of imide groups is 1. The highest BCUT2D eigenvalue weighted by molar-refractivity contribution is 8.14. The Bertz CT molecular complexity index is 579. The van der Waals surface area contributed by atoms with Crippen LogP contribution in [0, 0.1) is 0 Å². The Balaban J connectivity index is 1.69. The van der Waals surface area contributed by atoms with Crippen molar-refractivity contribution in [2.45, 2.75) is 17.9 Å². The average molecular weight is 373 g/mol. The number of hydrogen-bond donors (Lipinski definition) is 1. The van der Waals surface area contributed by atoms with Gasteiger partial charge in [0.2, 0.25) is 11.8 Å². The lowest BCUT2D eigenvalue weighted by atomic mass is 10.2. The minimum Gasteiger partial charge on any atom is -0.353 e. The van der Waals surface area contributed by atoms with Crippen molar-refractivity contribution in [3.63, 3.8) is 0 Å². The average Bonchev–Trinajstić information content (AvgIpc) is 2.85. The molecule has 1 N–H and O–H groups in total. The van der Waals surface area contributed by atoms with Crippen LogP contribution in [0.1, 0.15) is 12.5 Å². The van der Waals surface area contributed by atoms with Crippen LogP contribution < -0.4 is 5.32 Å². The van der Waals surface area contributed by atoms with Crippen LogP contribution in [0.4, 0.5) is 4.79 Å². The molecular formula is C15H17ClN2O3S2. The molecule has 8 heteroatoms. The molecule has 1 aliphatic heterocycles. The number of rotatable bonds is 7. The Morgan fingerprint density at radius 2 is 2.09 bits per heavy atom. The standard InChI is InChI=1S/C15H17ClN2O3S2/c1-10(22-8-11-2-4-12(16)5-3-11)14(20)17-6-7-18-13(19)9-23-15(18)21/h2-5,10H,6-9H2,1H3,(H,17,20)/t10-/m1/s1. The third kappa shape index (κ3) is 5.44. The highest BCUT2D eigenvalue weighted by Gasteiger charge is 2.29. The summed E-state index contributed by atoms with van der Waals surface area (Å²) in [7, 11) is 0. The smallest absolute Gasteiger partial charge is 0.288 e. The largest absolute Gasteiger partial charge is 0.353 e. The molecule has 0 aromatic heterocycles. The van der Waals surface area contributed by atoms with Gasteiger partial charge in [-0.15, -0.1) is 11.8 Å². The number of carbonyl (C=O) groups excluding carboxylic acids is 3. The van der Waals surface area contributed by atoms with E-state index in [0.717, 1.165) is 17.3 Å². The Morgan fingerprint density at radius 3 is 2.70 bits per heavy atom. The van der Waals surface area contributed by atoms with Crippen molar-refractivity contribution in [1.82, 2.24) is 10.2 Å². The number of carbonyl (C=O) groups is 3. The van der Waals surface area contributed by atoms with E-state index in [9.17, 15) is 14.4 Å². The predicted molar refractivity (Wildman–Crippen MR) is 94.8 cm³/mol. The van der Waals surface area contributed by atoms with Gasteiger partial charge in [-0.3, -0.25) is 19.3 Å². The van der Waals surface area contributed by atoms with Gasteiger partial charge in [0.15, 0.2) is 0 Å². The van der Waals surface area contributed by atoms with Gasteiger partial charge in [0.1, 0.15) is 0 Å². The lowest BCUT2D eigenvalue weighted by Crippen LogP contribution is -2.39. The minimum atomic E-state index is -0.241. The lowest BCUT2D eigenvalue weighted by molar-refractivity contribution is -0.125. The van der Waals surface area contributed by atoms with Crippen LogP contribution >= 0.6 is 35.1 Å². The number of halogens is 1. The lowest BCUT2D eigenvalue weighted by Gasteiger charge is -2.15. The zero-order valence-corrected chi connectivity index (χ0v) is 15.0. The van der Waals surface area contributed by atoms with E-state index in [0.29, 0.717) is 10.8 Å². The van der Waals surface area contributed by atoms with Crippen molar-refractivity contribution in [3.8, 4) is 0 Å². The van der Waals surface area contributed by atoms with Gasteiger partial charge in [-0.1, -0.05) is 35.5 Å². The van der Waals surface area contributed by atoms with E-state index in [1.807, 2.05) is 31.2 Å². The topological polar surface area (TPSA) is 66.5 Å². The number of nitrogens with one attached hydrogen (secondary N) is 1. The van der Waals surface area contributed by atoms with E-state index in [1.54, 1.807) is 0 Å². The van der Waals surface area contributed by atoms with Crippen LogP contribution in [0.2, 0.25) is 5.02 Å². The van der Waals surface area contributed by atoms with Gasteiger partial charge in [0, 0.05) is 23.9 Å². The van der Waals surface area contributed by atoms with Gasteiger partial charge in [0.05, 0.1) is 11.0 Å². The second kappa shape index (κ2) is 8.61. The molecule has 1 aromatic rings. The Hall–Kier alpha value is -1.18. The zero-order chi connectivity index (χ0) is 16.8. The van der Waals surface area contributed by atoms with E-state index in [-0.39, 0.29) is 41.1 Å². The summed E-state index contributed by atoms with van der Waals surface area (Å²) in [4.78, 5) is 36.0. The first-order valence-corrected chi connectivity index (χ1v) is 9.49. The first-order chi connectivity index (χ1) is 11.0. The number of benzene rings is 1. The molecule has 23 heavy (non-hydrogen) atoms. The second-order valence-corrected chi connectivity index (χ2v) is 7.66. The number of nitrogens with zero attached hydrogens (tertiary/aromatic N) is 1. The van der Waals surface area contributed by atoms with Crippen LogP contribution in [-0.2, 0) is 15.3 Å². The molecule has 2 rings (SSSR count). The van der Waals surface area contributed by atoms with Gasteiger partial charge >= 0.3 is 0 Å². The van der Waals surface area contributed by atoms with Crippen LogP contribution in [0.3, 0.4) is 0 Å². The molecule has 1 aromatic carbocycles. The first kappa shape index (κ1) is 18.2. The molecule has 124 valence electrons. The predicted octanol–water partition coefficient (Wildman–Crippen LogP) is 2.77. The number of amides is 3. The summed E-state index contributed by atoms with van der Waals surface area (Å²) in [5, 5.41) is 2.99. The summed E-state index contributed by atoms with van der Waals surface area (Å²) < 4.78 is 0. The van der Waals surface area contributed by atoms with Gasteiger partial charge < -0.3 is 5.32 Å². The molecule has 0 radical (unpaired) electrons. The summed E-state index contributed by atoms with van der Waals surface area (Å²) in [6.45, 7) is 2.34. The molecule has 0 saturated carbocycles. The van der Waals surface area contributed by atoms with E-state index in [4.69, 9.17) is 11.6 Å². The maximum absolute atomic E-state index is 12.0. The molecule has 1 saturated heterocycles. The minimum absolute atomic E-state index is 0.101. The van der Waals surface area contributed by atoms with Gasteiger partial charge in [-0.25, -0.2) is 0 Å². The number of hydrogen-bond acceptors (Lipinski definition) is 5. The maximum atomic E-state index is 12.0. The fourth-order valence-corrected chi connectivity index (χ4v) is 3.66. The SMILES string of the molecule is C[C@@H](SCc1ccc(Cl)cc1)C(=O)NCCN1C(=O)CSC1=O. The van der Waals surface area contributed by atoms with Crippen molar-refractivity contribution in [1.29, 1.82) is 0 Å². The van der Waals surface area contributed by atoms with Crippen LogP contribution in [-0.4, -0.2) is 46.0 Å². The number of thioether (sulfide) groups is 2. The fraction of sp³-hybridized carbons (Fsp3) is 0.400. The van der Waals surface area contributed by atoms with Crippen molar-refractivity contribution < 1.29 is 14.4 Å². The van der Waals surface area contributed by atoms with Crippen molar-refractivity contribution >= 4 is 52.2 Å². The van der Waals surface area contributed by atoms with Crippen LogP contribution in [0.25, 0.3) is 0 Å². The van der Waals surface area contributed by atoms with E-state index >= 15 is 0 Å². The maximum Gasteiger partial charge on any atom is 0.288 e. The quantitative estimate of drug-likeness (QED) is 0.797. The highest BCUT2D eigenvalue weighted by Crippen LogP contribution is 2.20. The summed E-state index contributed by atoms with van der Waals surface area (Å²) in [5.41, 5.74) is 1.10. The molecule has 1 fully saturated rings. The summed E-state index contributed by atoms with van der Waals surface area (Å²) in [6.07, 6.45) is 0. The van der Waals surface area contributed by atoms with E-state index in [1.165, 1.54) is 16.7 Å². The normalized spacial score (nSPS) is 15.8. The molecule has 1 aliphatic rings. The van der Waals surface area contributed by atoms with Crippen molar-refractivity contribution in [2.75, 3.05) is 18.8 Å². The van der Waals surface area contributed by atoms with Crippen LogP contribution in [0.15, 0.2) is 24.3 Å². The van der Waals surface area contributed by atoms with Gasteiger partial charge in [-0.2, -0.15) is 0 Å². The molecule has 0 spiro atoms. The van der Waals surface area contributed by atoms with Crippen molar-refractivity contribution in [2.24, 2.45) is 0 Å². The molecule has 5 nitrogen and oxygen atoms in total. The molecule has 3 amide bonds. The molecule has 1 heterocycles. The molecule has 0 bridgehead atoms. The van der Waals surface area contributed by atoms with Crippen molar-refractivity contribution in [3.05, 3.63) is 34.9 Å². The highest BCUT2D eigenvalue weighted by atomic mass is 35.5. The third-order valence-corrected chi connectivity index (χ3v) is 5.58. The summed E-state index contributed by atoms with van der Waals surface area (Å²) in [6, 6.07) is 7.51. The fourth-order valence-electron chi connectivity index (χ4n) is 1.91. The summed E-state index contributed by atoms with van der Waals surface area (Å²) in [5.74, 6) is 0.612. The van der Waals surface area contributed by atoms with E-state index < -0.39 is 0 Å². The molecule has 0 aliphatic carbocycles. The summed E-state index contributed by atoms with van der Waals surface area (Å²) >= 11 is 8.35. The molecule has 1 atom stereocenters. The van der Waals surface area contributed by atoms with Gasteiger partial charge in [-0.05, 0) is 24.6 Å². The second-order valence-electron chi connectivity index (χ2n) is 4.97. The Kier molecular flexibility index (Phi) is 6.80.